The minimum atomic E-state index is 0.482. The molecule has 0 bridgehead atoms. The van der Waals surface area contributed by atoms with Crippen molar-refractivity contribution >= 4 is 38.8 Å². The SMILES string of the molecule is CN(Cc1nc(Cl)c2ccsc2n1)c1cccc(C#N)c1. The Hall–Kier alpha value is -2.16. The largest absolute Gasteiger partial charge is 0.367 e. The average molecular weight is 315 g/mol. The third-order valence-corrected chi connectivity index (χ3v) is 4.21. The van der Waals surface area contributed by atoms with Gasteiger partial charge in [0, 0.05) is 18.1 Å². The summed E-state index contributed by atoms with van der Waals surface area (Å²) in [6.45, 7) is 0.530. The van der Waals surface area contributed by atoms with Gasteiger partial charge >= 0.3 is 0 Å². The molecule has 0 aliphatic carbocycles. The highest BCUT2D eigenvalue weighted by Gasteiger charge is 2.10. The monoisotopic (exact) mass is 314 g/mol. The van der Waals surface area contributed by atoms with Crippen molar-refractivity contribution in [1.82, 2.24) is 9.97 Å². The number of hydrogen-bond donors (Lipinski definition) is 0. The van der Waals surface area contributed by atoms with Crippen LogP contribution in [0.5, 0.6) is 0 Å². The molecule has 0 radical (unpaired) electrons. The van der Waals surface area contributed by atoms with E-state index < -0.39 is 0 Å². The van der Waals surface area contributed by atoms with Crippen molar-refractivity contribution in [3.05, 3.63) is 52.3 Å². The molecular formula is C15H11ClN4S. The van der Waals surface area contributed by atoms with Gasteiger partial charge in [-0.3, -0.25) is 0 Å². The number of thiophene rings is 1. The maximum atomic E-state index is 8.96. The number of hydrogen-bond acceptors (Lipinski definition) is 5. The number of anilines is 1. The fraction of sp³-hybridized carbons (Fsp3) is 0.133. The topological polar surface area (TPSA) is 52.8 Å². The van der Waals surface area contributed by atoms with Crippen LogP contribution >= 0.6 is 22.9 Å². The van der Waals surface area contributed by atoms with Crippen molar-refractivity contribution in [2.24, 2.45) is 0 Å². The summed E-state index contributed by atoms with van der Waals surface area (Å²) in [6, 6.07) is 11.5. The minimum Gasteiger partial charge on any atom is -0.367 e. The smallest absolute Gasteiger partial charge is 0.151 e. The van der Waals surface area contributed by atoms with Gasteiger partial charge in [0.05, 0.1) is 18.2 Å². The summed E-state index contributed by atoms with van der Waals surface area (Å²) in [5.41, 5.74) is 1.58. The molecule has 0 aliphatic heterocycles. The first-order chi connectivity index (χ1) is 10.2. The molecule has 2 heterocycles. The van der Waals surface area contributed by atoms with Gasteiger partial charge in [0.25, 0.3) is 0 Å². The average Bonchev–Trinajstić information content (AvgIpc) is 2.96. The van der Waals surface area contributed by atoms with Crippen molar-refractivity contribution in [1.29, 1.82) is 5.26 Å². The quantitative estimate of drug-likeness (QED) is 0.689. The Bertz CT molecular complexity index is 837. The molecule has 0 atom stereocenters. The van der Waals surface area contributed by atoms with Crippen molar-refractivity contribution in [2.45, 2.75) is 6.54 Å². The zero-order valence-corrected chi connectivity index (χ0v) is 12.8. The van der Waals surface area contributed by atoms with E-state index in [1.165, 1.54) is 0 Å². The molecule has 104 valence electrons. The molecule has 0 amide bonds. The zero-order chi connectivity index (χ0) is 14.8. The Kier molecular flexibility index (Phi) is 3.74. The fourth-order valence-corrected chi connectivity index (χ4v) is 3.14. The lowest BCUT2D eigenvalue weighted by atomic mass is 10.2. The van der Waals surface area contributed by atoms with Gasteiger partial charge in [-0.2, -0.15) is 5.26 Å². The van der Waals surface area contributed by atoms with Crippen LogP contribution in [0.25, 0.3) is 10.2 Å². The number of nitriles is 1. The summed E-state index contributed by atoms with van der Waals surface area (Å²) in [5.74, 6) is 0.666. The second-order valence-electron chi connectivity index (χ2n) is 4.59. The van der Waals surface area contributed by atoms with E-state index >= 15 is 0 Å². The van der Waals surface area contributed by atoms with Crippen LogP contribution in [0.3, 0.4) is 0 Å². The lowest BCUT2D eigenvalue weighted by Crippen LogP contribution is -2.18. The van der Waals surface area contributed by atoms with Gasteiger partial charge in [-0.25, -0.2) is 9.97 Å². The predicted octanol–water partition coefficient (Wildman–Crippen LogP) is 3.85. The molecule has 0 unspecified atom stereocenters. The highest BCUT2D eigenvalue weighted by atomic mass is 35.5. The van der Waals surface area contributed by atoms with Gasteiger partial charge in [0.1, 0.15) is 9.98 Å². The molecule has 6 heteroatoms. The number of rotatable bonds is 3. The van der Waals surface area contributed by atoms with Crippen molar-refractivity contribution in [3.8, 4) is 6.07 Å². The molecule has 0 aliphatic rings. The Morgan fingerprint density at radius 2 is 2.19 bits per heavy atom. The van der Waals surface area contributed by atoms with E-state index in [1.807, 2.05) is 41.6 Å². The van der Waals surface area contributed by atoms with E-state index in [1.54, 1.807) is 17.4 Å². The summed E-state index contributed by atoms with van der Waals surface area (Å²) in [5, 5.41) is 12.3. The third-order valence-electron chi connectivity index (χ3n) is 3.12. The molecule has 2 aromatic heterocycles. The maximum Gasteiger partial charge on any atom is 0.151 e. The van der Waals surface area contributed by atoms with Gasteiger partial charge in [-0.1, -0.05) is 17.7 Å². The number of nitrogens with zero attached hydrogens (tertiary/aromatic N) is 4. The van der Waals surface area contributed by atoms with Crippen LogP contribution < -0.4 is 4.90 Å². The van der Waals surface area contributed by atoms with Crippen LogP contribution in [0.4, 0.5) is 5.69 Å². The standard InChI is InChI=1S/C15H11ClN4S/c1-20(11-4-2-3-10(7-11)8-17)9-13-18-14(16)12-5-6-21-15(12)19-13/h2-7H,9H2,1H3. The number of aromatic nitrogens is 2. The van der Waals surface area contributed by atoms with Crippen molar-refractivity contribution < 1.29 is 0 Å². The van der Waals surface area contributed by atoms with Crippen LogP contribution in [0.1, 0.15) is 11.4 Å². The summed E-state index contributed by atoms with van der Waals surface area (Å²) in [4.78, 5) is 11.7. The molecule has 0 spiro atoms. The van der Waals surface area contributed by atoms with Gasteiger partial charge in [-0.05, 0) is 29.6 Å². The van der Waals surface area contributed by atoms with Gasteiger partial charge in [-0.15, -0.1) is 11.3 Å². The molecule has 0 fully saturated rings. The summed E-state index contributed by atoms with van der Waals surface area (Å²) in [7, 11) is 1.94. The van der Waals surface area contributed by atoms with Crippen molar-refractivity contribution in [3.63, 3.8) is 0 Å². The molecule has 0 saturated heterocycles. The zero-order valence-electron chi connectivity index (χ0n) is 11.2. The van der Waals surface area contributed by atoms with E-state index in [0.717, 1.165) is 15.9 Å². The first kappa shape index (κ1) is 13.8. The Morgan fingerprint density at radius 1 is 1.33 bits per heavy atom. The highest BCUT2D eigenvalue weighted by molar-refractivity contribution is 7.16. The minimum absolute atomic E-state index is 0.482. The van der Waals surface area contributed by atoms with Crippen LogP contribution in [0, 0.1) is 11.3 Å². The van der Waals surface area contributed by atoms with E-state index in [2.05, 4.69) is 16.0 Å². The summed E-state index contributed by atoms with van der Waals surface area (Å²) in [6.07, 6.45) is 0. The van der Waals surface area contributed by atoms with E-state index in [9.17, 15) is 0 Å². The van der Waals surface area contributed by atoms with Crippen LogP contribution in [0.2, 0.25) is 5.15 Å². The third kappa shape index (κ3) is 2.82. The van der Waals surface area contributed by atoms with Crippen LogP contribution in [-0.2, 0) is 6.54 Å². The first-order valence-corrected chi connectivity index (χ1v) is 7.54. The Labute approximate surface area is 131 Å². The molecular weight excluding hydrogens is 304 g/mol. The number of fused-ring (bicyclic) bond motifs is 1. The van der Waals surface area contributed by atoms with Crippen LogP contribution in [-0.4, -0.2) is 17.0 Å². The molecule has 21 heavy (non-hydrogen) atoms. The van der Waals surface area contributed by atoms with Gasteiger partial charge < -0.3 is 4.90 Å². The molecule has 3 aromatic rings. The molecule has 4 nitrogen and oxygen atoms in total. The van der Waals surface area contributed by atoms with Crippen LogP contribution in [0.15, 0.2) is 35.7 Å². The first-order valence-electron chi connectivity index (χ1n) is 6.28. The molecule has 0 N–H and O–H groups in total. The molecule has 3 rings (SSSR count). The van der Waals surface area contributed by atoms with E-state index in [4.69, 9.17) is 16.9 Å². The van der Waals surface area contributed by atoms with E-state index in [-0.39, 0.29) is 0 Å². The second-order valence-corrected chi connectivity index (χ2v) is 5.84. The highest BCUT2D eigenvalue weighted by Crippen LogP contribution is 2.25. The lowest BCUT2D eigenvalue weighted by molar-refractivity contribution is 0.849. The Balaban J connectivity index is 1.88. The Morgan fingerprint density at radius 3 is 3.00 bits per heavy atom. The maximum absolute atomic E-state index is 8.96. The predicted molar refractivity (Wildman–Crippen MR) is 85.7 cm³/mol. The summed E-state index contributed by atoms with van der Waals surface area (Å²) >= 11 is 7.72. The number of benzene rings is 1. The van der Waals surface area contributed by atoms with Gasteiger partial charge in [0.2, 0.25) is 0 Å². The fourth-order valence-electron chi connectivity index (χ4n) is 2.05. The lowest BCUT2D eigenvalue weighted by Gasteiger charge is -2.18. The second kappa shape index (κ2) is 5.68. The molecule has 1 aromatic carbocycles. The van der Waals surface area contributed by atoms with Gasteiger partial charge in [0.15, 0.2) is 5.82 Å². The molecule has 0 saturated carbocycles. The van der Waals surface area contributed by atoms with Crippen molar-refractivity contribution in [2.75, 3.05) is 11.9 Å². The van der Waals surface area contributed by atoms with E-state index in [0.29, 0.717) is 23.1 Å². The number of halogens is 1. The summed E-state index contributed by atoms with van der Waals surface area (Å²) < 4.78 is 0. The normalized spacial score (nSPS) is 10.5.